The van der Waals surface area contributed by atoms with Gasteiger partial charge in [-0.05, 0) is 6.92 Å². The quantitative estimate of drug-likeness (QED) is 0.789. The first-order valence-electron chi connectivity index (χ1n) is 8.11. The zero-order valence-electron chi connectivity index (χ0n) is 13.7. The first kappa shape index (κ1) is 16.7. The van der Waals surface area contributed by atoms with Crippen molar-refractivity contribution in [2.75, 3.05) is 68.8 Å². The summed E-state index contributed by atoms with van der Waals surface area (Å²) >= 11 is 3.45. The minimum absolute atomic E-state index is 0.752. The van der Waals surface area contributed by atoms with Gasteiger partial charge in [0.25, 0.3) is 0 Å². The van der Waals surface area contributed by atoms with Gasteiger partial charge in [0.1, 0.15) is 5.82 Å². The van der Waals surface area contributed by atoms with Crippen LogP contribution in [0.2, 0.25) is 0 Å². The predicted molar refractivity (Wildman–Crippen MR) is 96.5 cm³/mol. The second kappa shape index (κ2) is 7.59. The van der Waals surface area contributed by atoms with Crippen molar-refractivity contribution >= 4 is 27.7 Å². The molecular weight excluding hydrogens is 358 g/mol. The van der Waals surface area contributed by atoms with Gasteiger partial charge in [-0.3, -0.25) is 4.90 Å². The highest BCUT2D eigenvalue weighted by atomic mass is 79.9. The fourth-order valence-electron chi connectivity index (χ4n) is 2.98. The van der Waals surface area contributed by atoms with E-state index in [4.69, 9.17) is 9.72 Å². The molecule has 0 radical (unpaired) electrons. The Hall–Kier alpha value is -1.18. The standard InChI is InChI=1S/C16H24BrN5O/c1-13(17)12-20-3-5-21(6-4-20)15-11-14(2)18-16(19-15)22-7-9-23-10-8-22/h11H,1,3-10,12H2,2H3. The van der Waals surface area contributed by atoms with Crippen molar-refractivity contribution in [1.82, 2.24) is 14.9 Å². The van der Waals surface area contributed by atoms with Crippen LogP contribution in [0.3, 0.4) is 0 Å². The van der Waals surface area contributed by atoms with Crippen LogP contribution in [0.25, 0.3) is 0 Å². The molecule has 2 saturated heterocycles. The lowest BCUT2D eigenvalue weighted by Gasteiger charge is -2.36. The molecule has 1 aromatic heterocycles. The molecule has 7 heteroatoms. The van der Waals surface area contributed by atoms with Crippen molar-refractivity contribution in [1.29, 1.82) is 0 Å². The molecule has 0 aliphatic carbocycles. The van der Waals surface area contributed by atoms with Crippen LogP contribution < -0.4 is 9.80 Å². The maximum Gasteiger partial charge on any atom is 0.227 e. The second-order valence-electron chi connectivity index (χ2n) is 6.05. The summed E-state index contributed by atoms with van der Waals surface area (Å²) in [7, 11) is 0. The number of halogens is 1. The van der Waals surface area contributed by atoms with E-state index >= 15 is 0 Å². The number of rotatable bonds is 4. The number of nitrogens with zero attached hydrogens (tertiary/aromatic N) is 5. The number of morpholine rings is 1. The SMILES string of the molecule is C=C(Br)CN1CCN(c2cc(C)nc(N3CCOCC3)n2)CC1. The van der Waals surface area contributed by atoms with Crippen molar-refractivity contribution < 1.29 is 4.74 Å². The van der Waals surface area contributed by atoms with Gasteiger partial charge in [-0.15, -0.1) is 0 Å². The first-order chi connectivity index (χ1) is 11.1. The average Bonchev–Trinajstić information content (AvgIpc) is 2.55. The minimum atomic E-state index is 0.752. The van der Waals surface area contributed by atoms with Crippen molar-refractivity contribution in [2.45, 2.75) is 6.92 Å². The molecule has 0 aromatic carbocycles. The summed E-state index contributed by atoms with van der Waals surface area (Å²) in [4.78, 5) is 16.4. The molecule has 2 aliphatic rings. The van der Waals surface area contributed by atoms with Crippen molar-refractivity contribution in [3.05, 3.63) is 22.8 Å². The number of aryl methyl sites for hydroxylation is 1. The van der Waals surface area contributed by atoms with Gasteiger partial charge in [-0.2, -0.15) is 4.98 Å². The van der Waals surface area contributed by atoms with Crippen LogP contribution in [0, 0.1) is 6.92 Å². The maximum absolute atomic E-state index is 5.42. The maximum atomic E-state index is 5.42. The molecular formula is C16H24BrN5O. The highest BCUT2D eigenvalue weighted by Gasteiger charge is 2.21. The van der Waals surface area contributed by atoms with Gasteiger partial charge < -0.3 is 14.5 Å². The number of ether oxygens (including phenoxy) is 1. The van der Waals surface area contributed by atoms with Crippen LogP contribution in [0.4, 0.5) is 11.8 Å². The Balaban J connectivity index is 1.68. The Kier molecular flexibility index (Phi) is 5.50. The molecule has 0 spiro atoms. The summed E-state index contributed by atoms with van der Waals surface area (Å²) in [6.45, 7) is 14.1. The van der Waals surface area contributed by atoms with Crippen LogP contribution in [-0.4, -0.2) is 73.9 Å². The van der Waals surface area contributed by atoms with Crippen LogP contribution in [0.15, 0.2) is 17.1 Å². The Morgan fingerprint density at radius 2 is 1.83 bits per heavy atom. The molecule has 2 aliphatic heterocycles. The summed E-state index contributed by atoms with van der Waals surface area (Å²) in [6.07, 6.45) is 0. The van der Waals surface area contributed by atoms with E-state index in [1.807, 2.05) is 6.92 Å². The number of aromatic nitrogens is 2. The summed E-state index contributed by atoms with van der Waals surface area (Å²) in [5, 5.41) is 0. The van der Waals surface area contributed by atoms with E-state index in [9.17, 15) is 0 Å². The summed E-state index contributed by atoms with van der Waals surface area (Å²) < 4.78 is 6.46. The monoisotopic (exact) mass is 381 g/mol. The predicted octanol–water partition coefficient (Wildman–Crippen LogP) is 1.65. The third-order valence-electron chi connectivity index (χ3n) is 4.21. The Bertz CT molecular complexity index is 553. The number of hydrogen-bond acceptors (Lipinski definition) is 6. The molecule has 0 amide bonds. The van der Waals surface area contributed by atoms with E-state index < -0.39 is 0 Å². The molecule has 0 saturated carbocycles. The van der Waals surface area contributed by atoms with E-state index in [1.54, 1.807) is 0 Å². The Labute approximate surface area is 146 Å². The van der Waals surface area contributed by atoms with Gasteiger partial charge in [0, 0.05) is 62.1 Å². The Morgan fingerprint density at radius 1 is 1.13 bits per heavy atom. The highest BCUT2D eigenvalue weighted by molar-refractivity contribution is 9.11. The number of piperazine rings is 1. The largest absolute Gasteiger partial charge is 0.378 e. The molecule has 0 unspecified atom stereocenters. The third-order valence-corrected chi connectivity index (χ3v) is 4.47. The smallest absolute Gasteiger partial charge is 0.227 e. The highest BCUT2D eigenvalue weighted by Crippen LogP contribution is 2.20. The molecule has 126 valence electrons. The molecule has 0 atom stereocenters. The van der Waals surface area contributed by atoms with Gasteiger partial charge in [-0.1, -0.05) is 22.5 Å². The summed E-state index contributed by atoms with van der Waals surface area (Å²) in [5.74, 6) is 1.87. The molecule has 2 fully saturated rings. The normalized spacial score (nSPS) is 19.9. The van der Waals surface area contributed by atoms with Crippen LogP contribution in [0.1, 0.15) is 5.69 Å². The van der Waals surface area contributed by atoms with E-state index in [0.29, 0.717) is 0 Å². The topological polar surface area (TPSA) is 44.7 Å². The van der Waals surface area contributed by atoms with Gasteiger partial charge in [0.15, 0.2) is 0 Å². The zero-order chi connectivity index (χ0) is 16.2. The fourth-order valence-corrected chi connectivity index (χ4v) is 3.34. The molecule has 0 bridgehead atoms. The molecule has 1 aromatic rings. The fraction of sp³-hybridized carbons (Fsp3) is 0.625. The first-order valence-corrected chi connectivity index (χ1v) is 8.90. The van der Waals surface area contributed by atoms with E-state index in [0.717, 1.165) is 81.0 Å². The van der Waals surface area contributed by atoms with Crippen LogP contribution >= 0.6 is 15.9 Å². The minimum Gasteiger partial charge on any atom is -0.378 e. The summed E-state index contributed by atoms with van der Waals surface area (Å²) in [5.41, 5.74) is 1.02. The Morgan fingerprint density at radius 3 is 2.48 bits per heavy atom. The van der Waals surface area contributed by atoms with Gasteiger partial charge in [0.05, 0.1) is 13.2 Å². The average molecular weight is 382 g/mol. The van der Waals surface area contributed by atoms with E-state index in [-0.39, 0.29) is 0 Å². The van der Waals surface area contributed by atoms with Crippen molar-refractivity contribution in [2.24, 2.45) is 0 Å². The van der Waals surface area contributed by atoms with E-state index in [1.165, 1.54) is 0 Å². The lowest BCUT2D eigenvalue weighted by Crippen LogP contribution is -2.47. The summed E-state index contributed by atoms with van der Waals surface area (Å²) in [6, 6.07) is 2.09. The second-order valence-corrected chi connectivity index (χ2v) is 7.17. The molecule has 23 heavy (non-hydrogen) atoms. The lowest BCUT2D eigenvalue weighted by molar-refractivity contribution is 0.122. The molecule has 6 nitrogen and oxygen atoms in total. The van der Waals surface area contributed by atoms with Crippen molar-refractivity contribution in [3.8, 4) is 0 Å². The number of anilines is 2. The third kappa shape index (κ3) is 4.43. The van der Waals surface area contributed by atoms with Crippen LogP contribution in [0.5, 0.6) is 0 Å². The van der Waals surface area contributed by atoms with Gasteiger partial charge >= 0.3 is 0 Å². The van der Waals surface area contributed by atoms with Crippen molar-refractivity contribution in [3.63, 3.8) is 0 Å². The van der Waals surface area contributed by atoms with Gasteiger partial charge in [-0.25, -0.2) is 4.98 Å². The van der Waals surface area contributed by atoms with E-state index in [2.05, 4.69) is 48.3 Å². The van der Waals surface area contributed by atoms with Crippen LogP contribution in [-0.2, 0) is 4.74 Å². The lowest BCUT2D eigenvalue weighted by atomic mass is 10.3. The van der Waals surface area contributed by atoms with Gasteiger partial charge in [0.2, 0.25) is 5.95 Å². The zero-order valence-corrected chi connectivity index (χ0v) is 15.3. The molecule has 3 rings (SSSR count). The molecule has 3 heterocycles. The number of hydrogen-bond donors (Lipinski definition) is 0. The molecule has 0 N–H and O–H groups in total.